The van der Waals surface area contributed by atoms with Crippen LogP contribution in [0.5, 0.6) is 0 Å². The molecule has 5 aliphatic rings. The van der Waals surface area contributed by atoms with Crippen molar-refractivity contribution in [3.8, 4) is 11.3 Å². The Balaban J connectivity index is 1.36. The number of nitrogens with two attached hydrogens (primary N) is 1. The summed E-state index contributed by atoms with van der Waals surface area (Å²) in [6, 6.07) is 3.10. The fraction of sp³-hybridized carbons (Fsp3) is 0.619. The zero-order valence-electron chi connectivity index (χ0n) is 16.6. The van der Waals surface area contributed by atoms with E-state index in [1.807, 2.05) is 0 Å². The van der Waals surface area contributed by atoms with E-state index >= 15 is 0 Å². The highest BCUT2D eigenvalue weighted by Crippen LogP contribution is 2.91. The number of nitrogen functional groups attached to an aromatic ring is 1. The average Bonchev–Trinajstić information content (AvgIpc) is 3.20. The summed E-state index contributed by atoms with van der Waals surface area (Å²) in [5.41, 5.74) is 5.34. The molecule has 3 heterocycles. The van der Waals surface area contributed by atoms with Gasteiger partial charge in [-0.3, -0.25) is 4.68 Å². The molecular weight excluding hydrogens is 417 g/mol. The molecule has 2 bridgehead atoms. The zero-order valence-corrected chi connectivity index (χ0v) is 16.6. The molecule has 4 saturated carbocycles. The van der Waals surface area contributed by atoms with Gasteiger partial charge in [0, 0.05) is 28.9 Å². The third-order valence-corrected chi connectivity index (χ3v) is 7.89. The van der Waals surface area contributed by atoms with Crippen molar-refractivity contribution in [1.29, 1.82) is 0 Å². The second-order valence-electron chi connectivity index (χ2n) is 9.28. The molecule has 2 aromatic rings. The van der Waals surface area contributed by atoms with Crippen LogP contribution in [-0.4, -0.2) is 45.2 Å². The molecule has 5 nitrogen and oxygen atoms in total. The molecule has 5 unspecified atom stereocenters. The Bertz CT molecular complexity index is 1040. The van der Waals surface area contributed by atoms with Crippen molar-refractivity contribution < 1.29 is 22.0 Å². The number of halogens is 5. The van der Waals surface area contributed by atoms with Gasteiger partial charge in [0.05, 0.1) is 11.3 Å². The molecule has 5 atom stereocenters. The van der Waals surface area contributed by atoms with Crippen LogP contribution in [0.3, 0.4) is 0 Å². The summed E-state index contributed by atoms with van der Waals surface area (Å²) < 4.78 is 67.7. The Morgan fingerprint density at radius 2 is 1.90 bits per heavy atom. The molecule has 2 aromatic heterocycles. The van der Waals surface area contributed by atoms with E-state index in [0.717, 1.165) is 31.3 Å². The Kier molecular flexibility index (Phi) is 3.88. The highest BCUT2D eigenvalue weighted by Gasteiger charge is 2.93. The topological polar surface area (TPSA) is 60.0 Å². The molecule has 2 N–H and O–H groups in total. The van der Waals surface area contributed by atoms with Gasteiger partial charge in [-0.25, -0.2) is 13.8 Å². The maximum atomic E-state index is 13.3. The summed E-state index contributed by atoms with van der Waals surface area (Å²) >= 11 is 0. The van der Waals surface area contributed by atoms with E-state index < -0.39 is 30.5 Å². The lowest BCUT2D eigenvalue weighted by Gasteiger charge is -2.23. The molecule has 31 heavy (non-hydrogen) atoms. The third-order valence-electron chi connectivity index (χ3n) is 7.89. The highest BCUT2D eigenvalue weighted by molar-refractivity contribution is 5.65. The maximum Gasteiger partial charge on any atom is 0.419 e. The summed E-state index contributed by atoms with van der Waals surface area (Å²) in [7, 11) is 0. The number of aromatic nitrogens is 3. The van der Waals surface area contributed by atoms with Gasteiger partial charge in [0.1, 0.15) is 12.4 Å². The quantitative estimate of drug-likeness (QED) is 0.721. The molecule has 0 spiro atoms. The molecule has 0 radical (unpaired) electrons. The van der Waals surface area contributed by atoms with Crippen LogP contribution in [0.2, 0.25) is 0 Å². The summed E-state index contributed by atoms with van der Waals surface area (Å²) in [6.07, 6.45) is -2.55. The summed E-state index contributed by atoms with van der Waals surface area (Å²) in [5, 5.41) is 4.30. The lowest BCUT2D eigenvalue weighted by Crippen LogP contribution is -2.32. The molecule has 1 aliphatic heterocycles. The first-order valence-electron chi connectivity index (χ1n) is 10.7. The van der Waals surface area contributed by atoms with E-state index in [2.05, 4.69) is 15.0 Å². The maximum absolute atomic E-state index is 13.3. The number of fused-ring (bicyclic) bond motifs is 1. The first-order chi connectivity index (χ1) is 14.7. The van der Waals surface area contributed by atoms with Gasteiger partial charge in [-0.2, -0.15) is 18.3 Å². The minimum absolute atomic E-state index is 0.124. The van der Waals surface area contributed by atoms with Gasteiger partial charge in [-0.05, 0) is 62.2 Å². The van der Waals surface area contributed by atoms with Crippen molar-refractivity contribution >= 4 is 5.82 Å². The van der Waals surface area contributed by atoms with Gasteiger partial charge >= 0.3 is 6.18 Å². The van der Waals surface area contributed by atoms with E-state index in [1.54, 1.807) is 6.07 Å². The van der Waals surface area contributed by atoms with E-state index in [4.69, 9.17) is 5.73 Å². The van der Waals surface area contributed by atoms with Crippen LogP contribution >= 0.6 is 0 Å². The van der Waals surface area contributed by atoms with Crippen molar-refractivity contribution in [3.05, 3.63) is 29.6 Å². The Hall–Kier alpha value is -2.23. The molecule has 1 saturated heterocycles. The second kappa shape index (κ2) is 6.17. The zero-order chi connectivity index (χ0) is 21.7. The highest BCUT2D eigenvalue weighted by atomic mass is 19.4. The van der Waals surface area contributed by atoms with Gasteiger partial charge in [-0.1, -0.05) is 0 Å². The first kappa shape index (κ1) is 19.5. The lowest BCUT2D eigenvalue weighted by atomic mass is 10.00. The fourth-order valence-electron chi connectivity index (χ4n) is 6.66. The average molecular weight is 439 g/mol. The molecule has 166 valence electrons. The largest absolute Gasteiger partial charge is 0.419 e. The lowest BCUT2D eigenvalue weighted by molar-refractivity contribution is -0.137. The Labute approximate surface area is 175 Å². The van der Waals surface area contributed by atoms with Crippen molar-refractivity contribution in [2.24, 2.45) is 17.8 Å². The van der Waals surface area contributed by atoms with Crippen LogP contribution in [0.25, 0.3) is 11.3 Å². The SMILES string of the molecule is Nc1ncc(-c2cc(C34C5CC(N6CCCC6)C3C54)n(CC(F)F)n2)cc1C(F)(F)F. The van der Waals surface area contributed by atoms with Crippen molar-refractivity contribution in [2.45, 2.75) is 49.9 Å². The van der Waals surface area contributed by atoms with Crippen LogP contribution in [0.1, 0.15) is 30.5 Å². The van der Waals surface area contributed by atoms with Crippen molar-refractivity contribution in [1.82, 2.24) is 19.7 Å². The minimum atomic E-state index is -4.65. The van der Waals surface area contributed by atoms with Crippen molar-refractivity contribution in [2.75, 3.05) is 18.8 Å². The van der Waals surface area contributed by atoms with Crippen LogP contribution in [0.15, 0.2) is 18.3 Å². The Morgan fingerprint density at radius 3 is 2.55 bits per heavy atom. The number of likely N-dealkylation sites (tertiary alicyclic amines) is 1. The normalized spacial score (nSPS) is 33.9. The predicted octanol–water partition coefficient (Wildman–Crippen LogP) is 3.79. The summed E-state index contributed by atoms with van der Waals surface area (Å²) in [5.74, 6) is 0.804. The van der Waals surface area contributed by atoms with E-state index in [1.165, 1.54) is 23.7 Å². The number of anilines is 1. The van der Waals surface area contributed by atoms with E-state index in [-0.39, 0.29) is 16.7 Å². The third kappa shape index (κ3) is 2.63. The summed E-state index contributed by atoms with van der Waals surface area (Å²) in [6.45, 7) is 1.62. The first-order valence-corrected chi connectivity index (χ1v) is 10.7. The van der Waals surface area contributed by atoms with Crippen LogP contribution in [-0.2, 0) is 18.1 Å². The minimum Gasteiger partial charge on any atom is -0.383 e. The number of hydrogen-bond acceptors (Lipinski definition) is 4. The molecule has 7 rings (SSSR count). The van der Waals surface area contributed by atoms with E-state index in [0.29, 0.717) is 23.8 Å². The van der Waals surface area contributed by atoms with Gasteiger partial charge in [0.25, 0.3) is 6.43 Å². The van der Waals surface area contributed by atoms with E-state index in [9.17, 15) is 22.0 Å². The number of nitrogens with zero attached hydrogens (tertiary/aromatic N) is 4. The number of rotatable bonds is 5. The number of alkyl halides is 5. The molecule has 0 aromatic carbocycles. The predicted molar refractivity (Wildman–Crippen MR) is 102 cm³/mol. The standard InChI is InChI=1S/C21H22F5N5/c22-16(23)9-31-15(20-11-6-14(18(20)17(11)20)30-3-1-2-4-30)7-13(29-31)10-5-12(21(24,25)26)19(27)28-8-10/h5,7-8,11,14,16-18H,1-4,6,9H2,(H2,27,28). The monoisotopic (exact) mass is 439 g/mol. The number of hydrogen-bond donors (Lipinski definition) is 1. The second-order valence-corrected chi connectivity index (χ2v) is 9.28. The van der Waals surface area contributed by atoms with Gasteiger partial charge < -0.3 is 10.6 Å². The van der Waals surface area contributed by atoms with Gasteiger partial charge in [0.15, 0.2) is 0 Å². The van der Waals surface area contributed by atoms with Crippen LogP contribution in [0.4, 0.5) is 27.8 Å². The smallest absolute Gasteiger partial charge is 0.383 e. The molecular formula is C21H22F5N5. The summed E-state index contributed by atoms with van der Waals surface area (Å²) in [4.78, 5) is 6.20. The van der Waals surface area contributed by atoms with Gasteiger partial charge in [0.2, 0.25) is 0 Å². The van der Waals surface area contributed by atoms with Crippen LogP contribution < -0.4 is 5.73 Å². The fourth-order valence-corrected chi connectivity index (χ4v) is 6.66. The molecule has 10 heteroatoms. The van der Waals surface area contributed by atoms with Crippen molar-refractivity contribution in [3.63, 3.8) is 0 Å². The molecule has 0 amide bonds. The molecule has 4 aliphatic carbocycles. The van der Waals surface area contributed by atoms with Gasteiger partial charge in [-0.15, -0.1) is 0 Å². The number of pyridine rings is 1. The molecule has 5 fully saturated rings. The van der Waals surface area contributed by atoms with Crippen LogP contribution in [0, 0.1) is 17.8 Å². The Morgan fingerprint density at radius 1 is 1.16 bits per heavy atom.